The van der Waals surface area contributed by atoms with Gasteiger partial charge < -0.3 is 19.1 Å². The van der Waals surface area contributed by atoms with E-state index < -0.39 is 6.10 Å². The summed E-state index contributed by atoms with van der Waals surface area (Å²) in [5.41, 5.74) is 2.37. The number of benzene rings is 1. The van der Waals surface area contributed by atoms with Crippen molar-refractivity contribution in [2.75, 3.05) is 20.6 Å². The van der Waals surface area contributed by atoms with Crippen LogP contribution < -0.4 is 0 Å². The Bertz CT molecular complexity index is 777. The highest BCUT2D eigenvalue weighted by Crippen LogP contribution is 2.24. The van der Waals surface area contributed by atoms with Crippen LogP contribution in [0.4, 0.5) is 0 Å². The Morgan fingerprint density at radius 1 is 1.13 bits per heavy atom. The lowest BCUT2D eigenvalue weighted by atomic mass is 10.1. The third-order valence-corrected chi connectivity index (χ3v) is 3.35. The largest absolute Gasteiger partial charge is 0.387 e. The SMILES string of the molecule is Cc1cc(-c2noc(-c3ccc(C(O)CN(C)C)cc3)n2)on1. The normalized spacial score (nSPS) is 12.7. The van der Waals surface area contributed by atoms with E-state index in [1.54, 1.807) is 6.07 Å². The Kier molecular flexibility index (Phi) is 4.22. The molecule has 7 heteroatoms. The molecule has 0 saturated carbocycles. The molecule has 0 radical (unpaired) electrons. The van der Waals surface area contributed by atoms with E-state index in [4.69, 9.17) is 9.05 Å². The van der Waals surface area contributed by atoms with Gasteiger partial charge in [-0.25, -0.2) is 0 Å². The summed E-state index contributed by atoms with van der Waals surface area (Å²) in [5, 5.41) is 17.8. The third kappa shape index (κ3) is 3.46. The van der Waals surface area contributed by atoms with Crippen molar-refractivity contribution in [3.63, 3.8) is 0 Å². The van der Waals surface area contributed by atoms with Crippen LogP contribution in [0.5, 0.6) is 0 Å². The van der Waals surface area contributed by atoms with Crippen molar-refractivity contribution in [1.82, 2.24) is 20.2 Å². The van der Waals surface area contributed by atoms with Gasteiger partial charge >= 0.3 is 0 Å². The van der Waals surface area contributed by atoms with Crippen molar-refractivity contribution < 1.29 is 14.2 Å². The van der Waals surface area contributed by atoms with Gasteiger partial charge in [0, 0.05) is 18.2 Å². The number of rotatable bonds is 5. The topological polar surface area (TPSA) is 88.4 Å². The number of hydrogen-bond donors (Lipinski definition) is 1. The van der Waals surface area contributed by atoms with Gasteiger partial charge in [-0.15, -0.1) is 0 Å². The molecule has 1 atom stereocenters. The van der Waals surface area contributed by atoms with Gasteiger partial charge in [-0.1, -0.05) is 22.4 Å². The molecular formula is C16H18N4O3. The Hall–Kier alpha value is -2.51. The molecule has 0 aliphatic rings. The van der Waals surface area contributed by atoms with E-state index in [9.17, 15) is 5.11 Å². The fraction of sp³-hybridized carbons (Fsp3) is 0.312. The van der Waals surface area contributed by atoms with E-state index in [-0.39, 0.29) is 0 Å². The van der Waals surface area contributed by atoms with Gasteiger partial charge in [0.15, 0.2) is 0 Å². The van der Waals surface area contributed by atoms with Gasteiger partial charge in [0.05, 0.1) is 11.8 Å². The number of hydrogen-bond acceptors (Lipinski definition) is 7. The van der Waals surface area contributed by atoms with Crippen LogP contribution >= 0.6 is 0 Å². The van der Waals surface area contributed by atoms with Crippen LogP contribution in [-0.2, 0) is 0 Å². The van der Waals surface area contributed by atoms with Crippen LogP contribution in [0.25, 0.3) is 23.0 Å². The van der Waals surface area contributed by atoms with Gasteiger partial charge in [0.2, 0.25) is 11.6 Å². The lowest BCUT2D eigenvalue weighted by molar-refractivity contribution is 0.138. The molecule has 2 aromatic heterocycles. The second kappa shape index (κ2) is 6.31. The predicted octanol–water partition coefficient (Wildman–Crippen LogP) is 2.30. The number of likely N-dealkylation sites (N-methyl/N-ethyl adjacent to an activating group) is 1. The van der Waals surface area contributed by atoms with Crippen LogP contribution in [0.1, 0.15) is 17.4 Å². The van der Waals surface area contributed by atoms with E-state index in [2.05, 4.69) is 15.3 Å². The van der Waals surface area contributed by atoms with Gasteiger partial charge in [0.25, 0.3) is 5.89 Å². The lowest BCUT2D eigenvalue weighted by Crippen LogP contribution is -2.19. The summed E-state index contributed by atoms with van der Waals surface area (Å²) in [7, 11) is 3.84. The Labute approximate surface area is 133 Å². The van der Waals surface area contributed by atoms with E-state index in [0.29, 0.717) is 24.0 Å². The highest BCUT2D eigenvalue weighted by Gasteiger charge is 2.15. The fourth-order valence-corrected chi connectivity index (χ4v) is 2.21. The molecule has 0 aliphatic heterocycles. The van der Waals surface area contributed by atoms with Gasteiger partial charge in [0.1, 0.15) is 0 Å². The number of aliphatic hydroxyl groups excluding tert-OH is 1. The smallest absolute Gasteiger partial charge is 0.258 e. The Balaban J connectivity index is 1.79. The summed E-state index contributed by atoms with van der Waals surface area (Å²) in [5.74, 6) is 1.22. The molecule has 120 valence electrons. The van der Waals surface area contributed by atoms with Crippen molar-refractivity contribution in [3.05, 3.63) is 41.6 Å². The fourth-order valence-electron chi connectivity index (χ4n) is 2.21. The van der Waals surface area contributed by atoms with Crippen LogP contribution in [0.3, 0.4) is 0 Å². The van der Waals surface area contributed by atoms with Crippen LogP contribution in [0, 0.1) is 6.92 Å². The molecule has 2 heterocycles. The summed E-state index contributed by atoms with van der Waals surface area (Å²) >= 11 is 0. The number of aromatic nitrogens is 3. The first-order valence-electron chi connectivity index (χ1n) is 7.23. The molecule has 23 heavy (non-hydrogen) atoms. The molecule has 3 rings (SSSR count). The van der Waals surface area contributed by atoms with Crippen molar-refractivity contribution >= 4 is 0 Å². The third-order valence-electron chi connectivity index (χ3n) is 3.35. The maximum atomic E-state index is 10.1. The maximum absolute atomic E-state index is 10.1. The van der Waals surface area contributed by atoms with Crippen molar-refractivity contribution in [2.45, 2.75) is 13.0 Å². The van der Waals surface area contributed by atoms with Gasteiger partial charge in [-0.05, 0) is 38.7 Å². The highest BCUT2D eigenvalue weighted by atomic mass is 16.5. The summed E-state index contributed by atoms with van der Waals surface area (Å²) in [6.45, 7) is 2.39. The highest BCUT2D eigenvalue weighted by molar-refractivity contribution is 5.57. The van der Waals surface area contributed by atoms with Crippen LogP contribution in [0.15, 0.2) is 39.4 Å². The number of aliphatic hydroxyl groups is 1. The zero-order valence-corrected chi connectivity index (χ0v) is 13.2. The molecule has 0 saturated heterocycles. The average Bonchev–Trinajstić information content (AvgIpc) is 3.15. The number of aryl methyl sites for hydroxylation is 1. The summed E-state index contributed by atoms with van der Waals surface area (Å²) in [6, 6.07) is 9.14. The first-order chi connectivity index (χ1) is 11.0. The quantitative estimate of drug-likeness (QED) is 0.773. The second-order valence-corrected chi connectivity index (χ2v) is 5.66. The van der Waals surface area contributed by atoms with E-state index in [1.165, 1.54) is 0 Å². The summed E-state index contributed by atoms with van der Waals surface area (Å²) in [4.78, 5) is 6.24. The minimum Gasteiger partial charge on any atom is -0.387 e. The molecule has 0 fully saturated rings. The molecule has 3 aromatic rings. The van der Waals surface area contributed by atoms with Crippen molar-refractivity contribution in [1.29, 1.82) is 0 Å². The minimum atomic E-state index is -0.533. The molecule has 0 aliphatic carbocycles. The maximum Gasteiger partial charge on any atom is 0.258 e. The standard InChI is InChI=1S/C16H18N4O3/c1-10-8-14(22-18-10)15-17-16(23-19-15)12-6-4-11(5-7-12)13(21)9-20(2)3/h4-8,13,21H,9H2,1-3H3. The van der Waals surface area contributed by atoms with E-state index in [0.717, 1.165) is 16.8 Å². The summed E-state index contributed by atoms with van der Waals surface area (Å²) < 4.78 is 10.4. The molecule has 1 N–H and O–H groups in total. The zero-order chi connectivity index (χ0) is 16.4. The molecule has 0 spiro atoms. The average molecular weight is 314 g/mol. The lowest BCUT2D eigenvalue weighted by Gasteiger charge is -2.16. The molecular weight excluding hydrogens is 296 g/mol. The molecule has 0 amide bonds. The minimum absolute atomic E-state index is 0.359. The molecule has 0 bridgehead atoms. The van der Waals surface area contributed by atoms with Crippen molar-refractivity contribution in [3.8, 4) is 23.0 Å². The Morgan fingerprint density at radius 3 is 2.48 bits per heavy atom. The van der Waals surface area contributed by atoms with Gasteiger partial charge in [-0.2, -0.15) is 4.98 Å². The zero-order valence-electron chi connectivity index (χ0n) is 13.2. The number of nitrogens with zero attached hydrogens (tertiary/aromatic N) is 4. The van der Waals surface area contributed by atoms with Gasteiger partial charge in [-0.3, -0.25) is 0 Å². The van der Waals surface area contributed by atoms with E-state index in [1.807, 2.05) is 50.2 Å². The van der Waals surface area contributed by atoms with Crippen molar-refractivity contribution in [2.24, 2.45) is 0 Å². The second-order valence-electron chi connectivity index (χ2n) is 5.66. The summed E-state index contributed by atoms with van der Waals surface area (Å²) in [6.07, 6.45) is -0.533. The molecule has 1 unspecified atom stereocenters. The Morgan fingerprint density at radius 2 is 1.87 bits per heavy atom. The van der Waals surface area contributed by atoms with Crippen LogP contribution in [-0.4, -0.2) is 45.9 Å². The first-order valence-corrected chi connectivity index (χ1v) is 7.23. The monoisotopic (exact) mass is 314 g/mol. The van der Waals surface area contributed by atoms with E-state index >= 15 is 0 Å². The van der Waals surface area contributed by atoms with Crippen LogP contribution in [0.2, 0.25) is 0 Å². The predicted molar refractivity (Wildman–Crippen MR) is 83.5 cm³/mol. The molecule has 7 nitrogen and oxygen atoms in total. The first kappa shape index (κ1) is 15.4. The molecule has 1 aromatic carbocycles.